The van der Waals surface area contributed by atoms with E-state index >= 15 is 0 Å². The number of hydrogen-bond acceptors (Lipinski definition) is 3. The summed E-state index contributed by atoms with van der Waals surface area (Å²) < 4.78 is 9.05. The van der Waals surface area contributed by atoms with E-state index in [9.17, 15) is 0 Å². The summed E-state index contributed by atoms with van der Waals surface area (Å²) in [6.45, 7) is 8.62. The molecule has 150 valence electrons. The lowest BCUT2D eigenvalue weighted by Gasteiger charge is -2.15. The maximum atomic E-state index is 5.59. The standard InChI is InChI=1S/C23H30BrN3O/c1-3-28-17-16-27-22-7-5-4-6-21(22)26-23(27)18(2)12-14-25-15-13-19-8-10-20(24)11-9-19/h4-11,18,25H,3,12-17H2,1-2H3. The van der Waals surface area contributed by atoms with Gasteiger partial charge in [0.2, 0.25) is 0 Å². The van der Waals surface area contributed by atoms with E-state index in [0.29, 0.717) is 5.92 Å². The monoisotopic (exact) mass is 443 g/mol. The van der Waals surface area contributed by atoms with Gasteiger partial charge in [0.15, 0.2) is 0 Å². The summed E-state index contributed by atoms with van der Waals surface area (Å²) in [5.41, 5.74) is 3.64. The highest BCUT2D eigenvalue weighted by atomic mass is 79.9. The van der Waals surface area contributed by atoms with Crippen molar-refractivity contribution >= 4 is 27.0 Å². The number of ether oxygens (including phenoxy) is 1. The van der Waals surface area contributed by atoms with Gasteiger partial charge < -0.3 is 14.6 Å². The number of hydrogen-bond donors (Lipinski definition) is 1. The molecule has 0 aliphatic heterocycles. The van der Waals surface area contributed by atoms with Crippen LogP contribution in [0.5, 0.6) is 0 Å². The van der Waals surface area contributed by atoms with E-state index < -0.39 is 0 Å². The predicted octanol–water partition coefficient (Wildman–Crippen LogP) is 5.16. The molecule has 0 saturated carbocycles. The Balaban J connectivity index is 1.54. The van der Waals surface area contributed by atoms with Crippen molar-refractivity contribution < 1.29 is 4.74 Å². The highest BCUT2D eigenvalue weighted by Crippen LogP contribution is 2.24. The minimum Gasteiger partial charge on any atom is -0.380 e. The van der Waals surface area contributed by atoms with Crippen LogP contribution in [-0.4, -0.2) is 35.9 Å². The number of halogens is 1. The largest absolute Gasteiger partial charge is 0.380 e. The van der Waals surface area contributed by atoms with Crippen LogP contribution in [0, 0.1) is 0 Å². The number of nitrogens with zero attached hydrogens (tertiary/aromatic N) is 2. The Kier molecular flexibility index (Phi) is 8.07. The minimum atomic E-state index is 0.397. The van der Waals surface area contributed by atoms with Crippen LogP contribution >= 0.6 is 15.9 Å². The van der Waals surface area contributed by atoms with Gasteiger partial charge in [-0.15, -0.1) is 0 Å². The Morgan fingerprint density at radius 1 is 1.11 bits per heavy atom. The molecular formula is C23H30BrN3O. The molecule has 1 heterocycles. The first-order valence-corrected chi connectivity index (χ1v) is 11.0. The molecule has 0 bridgehead atoms. The Hall–Kier alpha value is -1.69. The van der Waals surface area contributed by atoms with Crippen molar-refractivity contribution in [2.75, 3.05) is 26.3 Å². The van der Waals surface area contributed by atoms with Crippen LogP contribution in [0.4, 0.5) is 0 Å². The van der Waals surface area contributed by atoms with E-state index in [4.69, 9.17) is 9.72 Å². The molecule has 1 aromatic heterocycles. The third-order valence-electron chi connectivity index (χ3n) is 5.05. The molecule has 0 radical (unpaired) electrons. The van der Waals surface area contributed by atoms with Crippen molar-refractivity contribution in [3.8, 4) is 0 Å². The highest BCUT2D eigenvalue weighted by molar-refractivity contribution is 9.10. The summed E-state index contributed by atoms with van der Waals surface area (Å²) in [6.07, 6.45) is 2.12. The predicted molar refractivity (Wildman–Crippen MR) is 120 cm³/mol. The molecule has 0 aliphatic rings. The Morgan fingerprint density at radius 2 is 1.89 bits per heavy atom. The van der Waals surface area contributed by atoms with Crippen molar-refractivity contribution in [1.82, 2.24) is 14.9 Å². The van der Waals surface area contributed by atoms with Gasteiger partial charge >= 0.3 is 0 Å². The Bertz CT molecular complexity index is 860. The summed E-state index contributed by atoms with van der Waals surface area (Å²) in [5.74, 6) is 1.56. The van der Waals surface area contributed by atoms with Crippen molar-refractivity contribution in [2.24, 2.45) is 0 Å². The van der Waals surface area contributed by atoms with Crippen molar-refractivity contribution in [2.45, 2.75) is 39.2 Å². The molecule has 5 heteroatoms. The number of benzene rings is 2. The minimum absolute atomic E-state index is 0.397. The van der Waals surface area contributed by atoms with Crippen molar-refractivity contribution in [3.63, 3.8) is 0 Å². The van der Waals surface area contributed by atoms with E-state index in [-0.39, 0.29) is 0 Å². The number of nitrogens with one attached hydrogen (secondary N) is 1. The third-order valence-corrected chi connectivity index (χ3v) is 5.57. The fourth-order valence-electron chi connectivity index (χ4n) is 3.46. The number of rotatable bonds is 11. The third kappa shape index (κ3) is 5.66. The van der Waals surface area contributed by atoms with Gasteiger partial charge in [-0.3, -0.25) is 0 Å². The highest BCUT2D eigenvalue weighted by Gasteiger charge is 2.16. The molecule has 1 atom stereocenters. The van der Waals surface area contributed by atoms with Crippen LogP contribution in [-0.2, 0) is 17.7 Å². The SMILES string of the molecule is CCOCCn1c(C(C)CCNCCc2ccc(Br)cc2)nc2ccccc21. The van der Waals surface area contributed by atoms with Crippen LogP contribution < -0.4 is 5.32 Å². The van der Waals surface area contributed by atoms with Gasteiger partial charge in [-0.05, 0) is 62.7 Å². The number of imidazole rings is 1. The molecule has 0 aliphatic carbocycles. The molecule has 1 N–H and O–H groups in total. The van der Waals surface area contributed by atoms with Crippen LogP contribution in [0.2, 0.25) is 0 Å². The second-order valence-corrected chi connectivity index (χ2v) is 8.04. The zero-order valence-electron chi connectivity index (χ0n) is 16.8. The van der Waals surface area contributed by atoms with E-state index in [1.165, 1.54) is 11.1 Å². The lowest BCUT2D eigenvalue weighted by atomic mass is 10.1. The normalized spacial score (nSPS) is 12.5. The molecule has 1 unspecified atom stereocenters. The number of para-hydroxylation sites is 2. The zero-order chi connectivity index (χ0) is 19.8. The second-order valence-electron chi connectivity index (χ2n) is 7.12. The van der Waals surface area contributed by atoms with E-state index in [2.05, 4.69) is 81.3 Å². The molecular weight excluding hydrogens is 414 g/mol. The average molecular weight is 444 g/mol. The maximum Gasteiger partial charge on any atom is 0.112 e. The second kappa shape index (κ2) is 10.7. The summed E-state index contributed by atoms with van der Waals surface area (Å²) in [7, 11) is 0. The van der Waals surface area contributed by atoms with Crippen LogP contribution in [0.1, 0.15) is 37.6 Å². The molecule has 4 nitrogen and oxygen atoms in total. The molecule has 0 spiro atoms. The van der Waals surface area contributed by atoms with Gasteiger partial charge in [-0.25, -0.2) is 4.98 Å². The van der Waals surface area contributed by atoms with Crippen LogP contribution in [0.3, 0.4) is 0 Å². The van der Waals surface area contributed by atoms with E-state index in [0.717, 1.165) is 61.5 Å². The summed E-state index contributed by atoms with van der Waals surface area (Å²) in [4.78, 5) is 4.92. The molecule has 0 fully saturated rings. The van der Waals surface area contributed by atoms with Gasteiger partial charge in [-0.1, -0.05) is 47.1 Å². The fourth-order valence-corrected chi connectivity index (χ4v) is 3.73. The van der Waals surface area contributed by atoms with Crippen molar-refractivity contribution in [1.29, 1.82) is 0 Å². The molecule has 3 aromatic rings. The lowest BCUT2D eigenvalue weighted by Crippen LogP contribution is -2.21. The molecule has 28 heavy (non-hydrogen) atoms. The molecule has 2 aromatic carbocycles. The van der Waals surface area contributed by atoms with Gasteiger partial charge in [0.25, 0.3) is 0 Å². The van der Waals surface area contributed by atoms with Gasteiger partial charge in [0.1, 0.15) is 5.82 Å². The Morgan fingerprint density at radius 3 is 2.68 bits per heavy atom. The van der Waals surface area contributed by atoms with Gasteiger partial charge in [-0.2, -0.15) is 0 Å². The van der Waals surface area contributed by atoms with Gasteiger partial charge in [0, 0.05) is 23.5 Å². The summed E-state index contributed by atoms with van der Waals surface area (Å²) in [6, 6.07) is 16.9. The quantitative estimate of drug-likeness (QED) is 0.415. The van der Waals surface area contributed by atoms with Gasteiger partial charge in [0.05, 0.1) is 17.6 Å². The first kappa shape index (κ1) is 21.0. The smallest absolute Gasteiger partial charge is 0.112 e. The lowest BCUT2D eigenvalue weighted by molar-refractivity contribution is 0.139. The molecule has 3 rings (SSSR count). The molecule has 0 amide bonds. The average Bonchev–Trinajstić information content (AvgIpc) is 3.08. The Labute approximate surface area is 176 Å². The topological polar surface area (TPSA) is 39.1 Å². The van der Waals surface area contributed by atoms with E-state index in [1.54, 1.807) is 0 Å². The van der Waals surface area contributed by atoms with Crippen LogP contribution in [0.15, 0.2) is 53.0 Å². The van der Waals surface area contributed by atoms with E-state index in [1.807, 2.05) is 6.92 Å². The maximum absolute atomic E-state index is 5.59. The first-order chi connectivity index (χ1) is 13.7. The number of fused-ring (bicyclic) bond motifs is 1. The fraction of sp³-hybridized carbons (Fsp3) is 0.435. The van der Waals surface area contributed by atoms with Crippen molar-refractivity contribution in [3.05, 3.63) is 64.4 Å². The summed E-state index contributed by atoms with van der Waals surface area (Å²) in [5, 5.41) is 3.58. The first-order valence-electron chi connectivity index (χ1n) is 10.2. The number of aromatic nitrogens is 2. The molecule has 0 saturated heterocycles. The summed E-state index contributed by atoms with van der Waals surface area (Å²) >= 11 is 3.48. The zero-order valence-corrected chi connectivity index (χ0v) is 18.4. The van der Waals surface area contributed by atoms with Crippen LogP contribution in [0.25, 0.3) is 11.0 Å².